The van der Waals surface area contributed by atoms with Crippen molar-refractivity contribution in [3.63, 3.8) is 0 Å². The maximum Gasteiger partial charge on any atom is 0.141 e. The van der Waals surface area contributed by atoms with Gasteiger partial charge in [0.2, 0.25) is 0 Å². The first-order valence-corrected chi connectivity index (χ1v) is 7.74. The van der Waals surface area contributed by atoms with Crippen molar-refractivity contribution in [2.45, 2.75) is 58.1 Å². The number of hydrogen-bond donors (Lipinski definition) is 1. The molecule has 0 saturated heterocycles. The molecular weight excluding hydrogens is 248 g/mol. The number of para-hydroxylation sites is 2. The summed E-state index contributed by atoms with van der Waals surface area (Å²) in [6.07, 6.45) is 6.67. The molecule has 1 aliphatic carbocycles. The van der Waals surface area contributed by atoms with Crippen molar-refractivity contribution in [1.29, 1.82) is 0 Å². The first-order chi connectivity index (χ1) is 9.55. The molecular formula is C17H24N2O. The van der Waals surface area contributed by atoms with Gasteiger partial charge in [0.25, 0.3) is 0 Å². The number of hydrogen-bond acceptors (Lipinski definition) is 2. The van der Waals surface area contributed by atoms with Crippen molar-refractivity contribution in [3.05, 3.63) is 30.1 Å². The Labute approximate surface area is 120 Å². The summed E-state index contributed by atoms with van der Waals surface area (Å²) < 4.78 is 2.24. The molecule has 1 heterocycles. The lowest BCUT2D eigenvalue weighted by molar-refractivity contribution is 0.0639. The zero-order valence-corrected chi connectivity index (χ0v) is 12.5. The molecule has 0 spiro atoms. The van der Waals surface area contributed by atoms with E-state index in [-0.39, 0.29) is 0 Å². The third kappa shape index (κ3) is 2.59. The maximum absolute atomic E-state index is 10.4. The van der Waals surface area contributed by atoms with Crippen molar-refractivity contribution in [2.75, 3.05) is 0 Å². The fourth-order valence-electron chi connectivity index (χ4n) is 3.36. The van der Waals surface area contributed by atoms with Crippen LogP contribution in [-0.4, -0.2) is 14.7 Å². The van der Waals surface area contributed by atoms with Gasteiger partial charge in [-0.2, -0.15) is 0 Å². The molecule has 1 aliphatic rings. The van der Waals surface area contributed by atoms with Gasteiger partial charge in [0.05, 0.1) is 11.0 Å². The fourth-order valence-corrected chi connectivity index (χ4v) is 3.36. The summed E-state index contributed by atoms with van der Waals surface area (Å²) in [4.78, 5) is 4.66. The summed E-state index contributed by atoms with van der Waals surface area (Å²) in [6.45, 7) is 4.64. The maximum atomic E-state index is 10.4. The van der Waals surface area contributed by atoms with Crippen LogP contribution < -0.4 is 0 Å². The van der Waals surface area contributed by atoms with Gasteiger partial charge < -0.3 is 9.67 Å². The van der Waals surface area contributed by atoms with Crippen LogP contribution in [0.2, 0.25) is 0 Å². The van der Waals surface area contributed by atoms with E-state index in [2.05, 4.69) is 21.7 Å². The van der Waals surface area contributed by atoms with Crippen molar-refractivity contribution >= 4 is 11.0 Å². The minimum Gasteiger partial charge on any atom is -0.383 e. The highest BCUT2D eigenvalue weighted by Crippen LogP contribution is 2.30. The third-order valence-corrected chi connectivity index (χ3v) is 4.37. The predicted molar refractivity (Wildman–Crippen MR) is 81.6 cm³/mol. The molecule has 0 aliphatic heterocycles. The molecule has 3 rings (SSSR count). The number of benzene rings is 1. The normalized spacial score (nSPS) is 17.8. The Hall–Kier alpha value is -1.35. The minimum absolute atomic E-state index is 0.724. The van der Waals surface area contributed by atoms with Crippen molar-refractivity contribution in [2.24, 2.45) is 5.92 Å². The van der Waals surface area contributed by atoms with Crippen LogP contribution in [0, 0.1) is 5.92 Å². The Kier molecular flexibility index (Phi) is 3.55. The SMILES string of the molecule is CC(C)(O)c1nc2ccccc2n1CC1CCCCC1. The molecule has 3 nitrogen and oxygen atoms in total. The lowest BCUT2D eigenvalue weighted by Crippen LogP contribution is -2.25. The summed E-state index contributed by atoms with van der Waals surface area (Å²) in [5.74, 6) is 1.52. The Balaban J connectivity index is 2.01. The summed E-state index contributed by atoms with van der Waals surface area (Å²) >= 11 is 0. The van der Waals surface area contributed by atoms with Crippen LogP contribution in [-0.2, 0) is 12.1 Å². The zero-order valence-electron chi connectivity index (χ0n) is 12.5. The van der Waals surface area contributed by atoms with Crippen LogP contribution in [0.1, 0.15) is 51.8 Å². The Bertz CT molecular complexity index is 589. The molecule has 20 heavy (non-hydrogen) atoms. The molecule has 0 bridgehead atoms. The second-order valence-electron chi connectivity index (χ2n) is 6.60. The number of rotatable bonds is 3. The molecule has 1 saturated carbocycles. The van der Waals surface area contributed by atoms with E-state index in [4.69, 9.17) is 0 Å². The fraction of sp³-hybridized carbons (Fsp3) is 0.588. The Morgan fingerprint density at radius 1 is 1.20 bits per heavy atom. The smallest absolute Gasteiger partial charge is 0.141 e. The van der Waals surface area contributed by atoms with Gasteiger partial charge in [-0.25, -0.2) is 4.98 Å². The molecule has 0 atom stereocenters. The zero-order chi connectivity index (χ0) is 14.2. The molecule has 1 N–H and O–H groups in total. The number of fused-ring (bicyclic) bond motifs is 1. The lowest BCUT2D eigenvalue weighted by atomic mass is 9.89. The van der Waals surface area contributed by atoms with Gasteiger partial charge in [0, 0.05) is 6.54 Å². The highest BCUT2D eigenvalue weighted by molar-refractivity contribution is 5.76. The molecule has 108 valence electrons. The highest BCUT2D eigenvalue weighted by Gasteiger charge is 2.26. The summed E-state index contributed by atoms with van der Waals surface area (Å²) in [5.41, 5.74) is 1.24. The van der Waals surface area contributed by atoms with Gasteiger partial charge in [-0.1, -0.05) is 31.4 Å². The van der Waals surface area contributed by atoms with Gasteiger partial charge in [-0.15, -0.1) is 0 Å². The van der Waals surface area contributed by atoms with Gasteiger partial charge in [0.15, 0.2) is 0 Å². The summed E-state index contributed by atoms with van der Waals surface area (Å²) in [7, 11) is 0. The average molecular weight is 272 g/mol. The predicted octanol–water partition coefficient (Wildman–Crippen LogP) is 3.84. The van der Waals surface area contributed by atoms with E-state index in [1.165, 1.54) is 32.1 Å². The number of aliphatic hydroxyl groups is 1. The summed E-state index contributed by atoms with van der Waals surface area (Å²) in [5, 5.41) is 10.4. The molecule has 0 unspecified atom stereocenters. The second-order valence-corrected chi connectivity index (χ2v) is 6.60. The number of imidazole rings is 1. The van der Waals surface area contributed by atoms with Crippen molar-refractivity contribution in [3.8, 4) is 0 Å². The van der Waals surface area contributed by atoms with E-state index in [1.807, 2.05) is 26.0 Å². The second kappa shape index (κ2) is 5.21. The van der Waals surface area contributed by atoms with E-state index in [0.717, 1.165) is 29.3 Å². The van der Waals surface area contributed by atoms with Gasteiger partial charge in [0.1, 0.15) is 11.4 Å². The van der Waals surface area contributed by atoms with E-state index < -0.39 is 5.60 Å². The lowest BCUT2D eigenvalue weighted by Gasteiger charge is -2.25. The topological polar surface area (TPSA) is 38.1 Å². The minimum atomic E-state index is -0.895. The first-order valence-electron chi connectivity index (χ1n) is 7.74. The molecule has 2 aromatic rings. The van der Waals surface area contributed by atoms with Crippen LogP contribution >= 0.6 is 0 Å². The molecule has 0 amide bonds. The molecule has 1 aromatic heterocycles. The van der Waals surface area contributed by atoms with Crippen molar-refractivity contribution in [1.82, 2.24) is 9.55 Å². The van der Waals surface area contributed by atoms with Crippen LogP contribution in [0.5, 0.6) is 0 Å². The van der Waals surface area contributed by atoms with Crippen LogP contribution in [0.15, 0.2) is 24.3 Å². The Morgan fingerprint density at radius 2 is 1.90 bits per heavy atom. The van der Waals surface area contributed by atoms with E-state index in [0.29, 0.717) is 0 Å². The van der Waals surface area contributed by atoms with E-state index in [9.17, 15) is 5.11 Å². The number of aromatic nitrogens is 2. The van der Waals surface area contributed by atoms with E-state index >= 15 is 0 Å². The van der Waals surface area contributed by atoms with E-state index in [1.54, 1.807) is 0 Å². The molecule has 1 aromatic carbocycles. The largest absolute Gasteiger partial charge is 0.383 e. The van der Waals surface area contributed by atoms with Crippen LogP contribution in [0.25, 0.3) is 11.0 Å². The third-order valence-electron chi connectivity index (χ3n) is 4.37. The van der Waals surface area contributed by atoms with Crippen LogP contribution in [0.3, 0.4) is 0 Å². The Morgan fingerprint density at radius 3 is 2.60 bits per heavy atom. The quantitative estimate of drug-likeness (QED) is 0.921. The highest BCUT2D eigenvalue weighted by atomic mass is 16.3. The molecule has 3 heteroatoms. The standard InChI is InChI=1S/C17H24N2O/c1-17(2,20)16-18-14-10-6-7-11-15(14)19(16)12-13-8-4-3-5-9-13/h6-7,10-11,13,20H,3-5,8-9,12H2,1-2H3. The van der Waals surface area contributed by atoms with Crippen LogP contribution in [0.4, 0.5) is 0 Å². The van der Waals surface area contributed by atoms with Crippen molar-refractivity contribution < 1.29 is 5.11 Å². The van der Waals surface area contributed by atoms with Gasteiger partial charge in [-0.3, -0.25) is 0 Å². The average Bonchev–Trinajstić information content (AvgIpc) is 2.79. The molecule has 1 fully saturated rings. The monoisotopic (exact) mass is 272 g/mol. The number of nitrogens with zero attached hydrogens (tertiary/aromatic N) is 2. The summed E-state index contributed by atoms with van der Waals surface area (Å²) in [6, 6.07) is 8.20. The first kappa shape index (κ1) is 13.6. The van der Waals surface area contributed by atoms with Gasteiger partial charge in [-0.05, 0) is 44.7 Å². The van der Waals surface area contributed by atoms with Gasteiger partial charge >= 0.3 is 0 Å². The molecule has 0 radical (unpaired) electrons.